The van der Waals surface area contributed by atoms with E-state index >= 15 is 0 Å². The van der Waals surface area contributed by atoms with Crippen LogP contribution in [0, 0.1) is 0 Å². The molecule has 3 heterocycles. The Kier molecular flexibility index (Phi) is 4.88. The fourth-order valence-electron chi connectivity index (χ4n) is 4.45. The van der Waals surface area contributed by atoms with Gasteiger partial charge in [0.25, 0.3) is 0 Å². The van der Waals surface area contributed by atoms with Crippen molar-refractivity contribution in [3.8, 4) is 11.1 Å². The first-order chi connectivity index (χ1) is 15.0. The summed E-state index contributed by atoms with van der Waals surface area (Å²) in [6, 6.07) is 15.2. The molecule has 0 amide bonds. The van der Waals surface area contributed by atoms with Crippen molar-refractivity contribution in [2.45, 2.75) is 44.9 Å². The topological polar surface area (TPSA) is 83.5 Å². The predicted molar refractivity (Wildman–Crippen MR) is 122 cm³/mol. The normalized spacial score (nSPS) is 17.3. The van der Waals surface area contributed by atoms with Gasteiger partial charge in [0.2, 0.25) is 0 Å². The maximum Gasteiger partial charge on any atom is 0.179 e. The third-order valence-corrected chi connectivity index (χ3v) is 6.15. The van der Waals surface area contributed by atoms with Crippen LogP contribution in [0.25, 0.3) is 22.0 Å². The summed E-state index contributed by atoms with van der Waals surface area (Å²) < 4.78 is 0. The van der Waals surface area contributed by atoms with Gasteiger partial charge in [0.15, 0.2) is 5.82 Å². The maximum absolute atomic E-state index is 4.74. The molecular weight excluding hydrogens is 386 g/mol. The van der Waals surface area contributed by atoms with E-state index in [0.717, 1.165) is 54.0 Å². The highest BCUT2D eigenvalue weighted by atomic mass is 15.5. The molecule has 1 unspecified atom stereocenters. The maximum atomic E-state index is 4.74. The van der Waals surface area contributed by atoms with Crippen LogP contribution in [0.3, 0.4) is 0 Å². The van der Waals surface area contributed by atoms with Gasteiger partial charge in [0.05, 0.1) is 10.9 Å². The molecule has 2 aromatic carbocycles. The van der Waals surface area contributed by atoms with Crippen molar-refractivity contribution in [1.29, 1.82) is 0 Å². The SMILES string of the molecule is CC(C)(C)c1ccc(-c2cccc3ncnc(N4CCCC(c5nn[nH]n5)C4)c23)cc1. The number of nitrogens with one attached hydrogen (secondary N) is 1. The molecule has 1 aliphatic heterocycles. The molecule has 1 atom stereocenters. The Bertz CT molecular complexity index is 1170. The molecule has 4 aromatic rings. The largest absolute Gasteiger partial charge is 0.355 e. The number of benzene rings is 2. The number of hydrogen-bond donors (Lipinski definition) is 1. The molecule has 7 heteroatoms. The predicted octanol–water partition coefficient (Wildman–Crippen LogP) is 4.49. The lowest BCUT2D eigenvalue weighted by Crippen LogP contribution is -2.35. The monoisotopic (exact) mass is 413 g/mol. The van der Waals surface area contributed by atoms with Gasteiger partial charge in [-0.05, 0) is 41.0 Å². The molecule has 2 aromatic heterocycles. The van der Waals surface area contributed by atoms with E-state index in [4.69, 9.17) is 4.98 Å². The summed E-state index contributed by atoms with van der Waals surface area (Å²) in [5, 5.41) is 15.9. The Hall–Kier alpha value is -3.35. The van der Waals surface area contributed by atoms with Gasteiger partial charge in [-0.3, -0.25) is 0 Å². The fraction of sp³-hybridized carbons (Fsp3) is 0.375. The van der Waals surface area contributed by atoms with Crippen LogP contribution in [-0.2, 0) is 5.41 Å². The Morgan fingerprint density at radius 2 is 1.87 bits per heavy atom. The summed E-state index contributed by atoms with van der Waals surface area (Å²) in [6.07, 6.45) is 3.79. The summed E-state index contributed by atoms with van der Waals surface area (Å²) in [6.45, 7) is 8.49. The van der Waals surface area contributed by atoms with Gasteiger partial charge in [0.1, 0.15) is 12.1 Å². The first-order valence-corrected chi connectivity index (χ1v) is 10.8. The smallest absolute Gasteiger partial charge is 0.179 e. The lowest BCUT2D eigenvalue weighted by Gasteiger charge is -2.33. The number of anilines is 1. The molecular formula is C24H27N7. The quantitative estimate of drug-likeness (QED) is 0.533. The second kappa shape index (κ2) is 7.72. The van der Waals surface area contributed by atoms with Gasteiger partial charge in [-0.1, -0.05) is 62.4 Å². The van der Waals surface area contributed by atoms with Crippen LogP contribution in [0.5, 0.6) is 0 Å². The molecule has 1 fully saturated rings. The van der Waals surface area contributed by atoms with E-state index in [1.807, 2.05) is 0 Å². The van der Waals surface area contributed by atoms with Crippen molar-refractivity contribution in [1.82, 2.24) is 30.6 Å². The van der Waals surface area contributed by atoms with Crippen LogP contribution in [0.4, 0.5) is 5.82 Å². The van der Waals surface area contributed by atoms with Gasteiger partial charge in [-0.2, -0.15) is 5.21 Å². The average molecular weight is 414 g/mol. The molecule has 31 heavy (non-hydrogen) atoms. The minimum Gasteiger partial charge on any atom is -0.355 e. The third kappa shape index (κ3) is 3.76. The first kappa shape index (κ1) is 19.6. The minimum absolute atomic E-state index is 0.128. The van der Waals surface area contributed by atoms with E-state index < -0.39 is 0 Å². The third-order valence-electron chi connectivity index (χ3n) is 6.15. The zero-order valence-electron chi connectivity index (χ0n) is 18.2. The molecule has 0 bridgehead atoms. The van der Waals surface area contributed by atoms with Crippen LogP contribution in [-0.4, -0.2) is 43.7 Å². The van der Waals surface area contributed by atoms with Crippen molar-refractivity contribution < 1.29 is 0 Å². The van der Waals surface area contributed by atoms with Crippen molar-refractivity contribution in [2.75, 3.05) is 18.0 Å². The van der Waals surface area contributed by atoms with Gasteiger partial charge in [0, 0.05) is 19.0 Å². The van der Waals surface area contributed by atoms with E-state index in [1.54, 1.807) is 6.33 Å². The van der Waals surface area contributed by atoms with Gasteiger partial charge >= 0.3 is 0 Å². The number of aromatic nitrogens is 6. The first-order valence-electron chi connectivity index (χ1n) is 10.8. The zero-order valence-corrected chi connectivity index (χ0v) is 18.2. The Balaban J connectivity index is 1.57. The van der Waals surface area contributed by atoms with E-state index in [9.17, 15) is 0 Å². The molecule has 1 aliphatic rings. The highest BCUT2D eigenvalue weighted by Crippen LogP contribution is 2.37. The van der Waals surface area contributed by atoms with Crippen molar-refractivity contribution in [3.05, 3.63) is 60.2 Å². The second-order valence-electron chi connectivity index (χ2n) is 9.28. The van der Waals surface area contributed by atoms with Crippen LogP contribution < -0.4 is 4.90 Å². The minimum atomic E-state index is 0.128. The zero-order chi connectivity index (χ0) is 21.4. The van der Waals surface area contributed by atoms with E-state index in [2.05, 4.69) is 93.7 Å². The fourth-order valence-corrected chi connectivity index (χ4v) is 4.45. The molecule has 1 N–H and O–H groups in total. The van der Waals surface area contributed by atoms with Gasteiger partial charge in [-0.25, -0.2) is 9.97 Å². The molecule has 0 saturated carbocycles. The van der Waals surface area contributed by atoms with Crippen molar-refractivity contribution in [3.63, 3.8) is 0 Å². The molecule has 7 nitrogen and oxygen atoms in total. The Labute approximate surface area is 181 Å². The molecule has 0 radical (unpaired) electrons. The number of tetrazole rings is 1. The summed E-state index contributed by atoms with van der Waals surface area (Å²) >= 11 is 0. The van der Waals surface area contributed by atoms with E-state index in [-0.39, 0.29) is 11.3 Å². The number of piperidine rings is 1. The number of H-pyrrole nitrogens is 1. The highest BCUT2D eigenvalue weighted by Gasteiger charge is 2.27. The summed E-state index contributed by atoms with van der Waals surface area (Å²) in [5.41, 5.74) is 4.76. The highest BCUT2D eigenvalue weighted by molar-refractivity contribution is 6.02. The van der Waals surface area contributed by atoms with Crippen LogP contribution in [0.1, 0.15) is 50.9 Å². The average Bonchev–Trinajstić information content (AvgIpc) is 3.33. The number of hydrogen-bond acceptors (Lipinski definition) is 6. The molecule has 0 spiro atoms. The van der Waals surface area contributed by atoms with Crippen molar-refractivity contribution >= 4 is 16.7 Å². The summed E-state index contributed by atoms with van der Waals surface area (Å²) in [4.78, 5) is 11.7. The van der Waals surface area contributed by atoms with Crippen molar-refractivity contribution in [2.24, 2.45) is 0 Å². The lowest BCUT2D eigenvalue weighted by atomic mass is 9.86. The van der Waals surface area contributed by atoms with Gasteiger partial charge in [-0.15, -0.1) is 10.2 Å². The molecule has 158 valence electrons. The number of nitrogens with zero attached hydrogens (tertiary/aromatic N) is 6. The molecule has 1 saturated heterocycles. The van der Waals surface area contributed by atoms with Gasteiger partial charge < -0.3 is 4.90 Å². The van der Waals surface area contributed by atoms with E-state index in [0.29, 0.717) is 0 Å². The number of rotatable bonds is 3. The number of fused-ring (bicyclic) bond motifs is 1. The van der Waals surface area contributed by atoms with Crippen LogP contribution >= 0.6 is 0 Å². The van der Waals surface area contributed by atoms with E-state index in [1.165, 1.54) is 11.1 Å². The lowest BCUT2D eigenvalue weighted by molar-refractivity contribution is 0.490. The second-order valence-corrected chi connectivity index (χ2v) is 9.28. The molecule has 5 rings (SSSR count). The summed E-state index contributed by atoms with van der Waals surface area (Å²) in [7, 11) is 0. The standard InChI is InChI=1S/C24H27N7/c1-24(2,3)18-11-9-16(10-12-18)19-7-4-8-20-21(19)23(26-15-25-20)31-13-5-6-17(14-31)22-27-29-30-28-22/h4,7-12,15,17H,5-6,13-14H2,1-3H3,(H,27,28,29,30). The number of aromatic amines is 1. The van der Waals surface area contributed by atoms with Crippen LogP contribution in [0.2, 0.25) is 0 Å². The summed E-state index contributed by atoms with van der Waals surface area (Å²) in [5.74, 6) is 2.01. The Morgan fingerprint density at radius 1 is 1.03 bits per heavy atom. The Morgan fingerprint density at radius 3 is 2.61 bits per heavy atom. The van der Waals surface area contributed by atoms with Crippen LogP contribution in [0.15, 0.2) is 48.8 Å². The molecule has 0 aliphatic carbocycles.